The molecule has 0 radical (unpaired) electrons. The second-order valence-electron chi connectivity index (χ2n) is 6.70. The second kappa shape index (κ2) is 7.00. The Labute approximate surface area is 161 Å². The van der Waals surface area contributed by atoms with Gasteiger partial charge in [0.15, 0.2) is 0 Å². The number of aryl methyl sites for hydroxylation is 2. The van der Waals surface area contributed by atoms with Gasteiger partial charge in [0.05, 0.1) is 29.8 Å². The van der Waals surface area contributed by atoms with Gasteiger partial charge in [0.2, 0.25) is 0 Å². The van der Waals surface area contributed by atoms with Crippen LogP contribution in [0.5, 0.6) is 0 Å². The minimum absolute atomic E-state index is 0.0856. The zero-order valence-electron chi connectivity index (χ0n) is 15.6. The lowest BCUT2D eigenvalue weighted by molar-refractivity contribution is 0.0780. The van der Waals surface area contributed by atoms with E-state index in [4.69, 9.17) is 0 Å². The molecule has 4 rings (SSSR count). The van der Waals surface area contributed by atoms with Gasteiger partial charge in [0, 0.05) is 11.9 Å². The van der Waals surface area contributed by atoms with Crippen molar-refractivity contribution in [2.45, 2.75) is 26.9 Å². The van der Waals surface area contributed by atoms with Crippen LogP contribution in [0.3, 0.4) is 0 Å². The first-order chi connectivity index (χ1) is 13.0. The van der Waals surface area contributed by atoms with E-state index in [1.807, 2.05) is 43.6 Å². The van der Waals surface area contributed by atoms with E-state index in [1.54, 1.807) is 16.2 Å². The number of nitrogens with zero attached hydrogens (tertiary/aromatic N) is 4. The Morgan fingerprint density at radius 1 is 1.26 bits per heavy atom. The van der Waals surface area contributed by atoms with Gasteiger partial charge in [-0.3, -0.25) is 9.89 Å². The van der Waals surface area contributed by atoms with E-state index < -0.39 is 0 Å². The molecule has 0 unspecified atom stereocenters. The Kier molecular flexibility index (Phi) is 4.53. The van der Waals surface area contributed by atoms with Crippen molar-refractivity contribution in [1.82, 2.24) is 24.6 Å². The molecule has 138 valence electrons. The Morgan fingerprint density at radius 2 is 2.07 bits per heavy atom. The summed E-state index contributed by atoms with van der Waals surface area (Å²) in [5, 5.41) is 9.28. The number of fused-ring (bicyclic) bond motifs is 1. The first-order valence-electron chi connectivity index (χ1n) is 8.77. The predicted molar refractivity (Wildman–Crippen MR) is 107 cm³/mol. The maximum absolute atomic E-state index is 12.7. The zero-order chi connectivity index (χ0) is 19.0. The SMILES string of the molecule is Cc1ccsc1CN(C)C(=O)c1cc(Cn2c(C)nc3ccccc32)[nH]n1. The minimum atomic E-state index is -0.0856. The smallest absolute Gasteiger partial charge is 0.274 e. The average Bonchev–Trinajstić information content (AvgIpc) is 3.36. The highest BCUT2D eigenvalue weighted by Gasteiger charge is 2.17. The number of carbonyl (C=O) groups is 1. The van der Waals surface area contributed by atoms with Crippen LogP contribution >= 0.6 is 11.3 Å². The number of hydrogen-bond donors (Lipinski definition) is 1. The number of imidazole rings is 1. The molecule has 0 saturated heterocycles. The Morgan fingerprint density at radius 3 is 2.85 bits per heavy atom. The van der Waals surface area contributed by atoms with Gasteiger partial charge in [-0.1, -0.05) is 12.1 Å². The summed E-state index contributed by atoms with van der Waals surface area (Å²) >= 11 is 1.67. The van der Waals surface area contributed by atoms with E-state index in [9.17, 15) is 4.79 Å². The third kappa shape index (κ3) is 3.38. The van der Waals surface area contributed by atoms with Gasteiger partial charge in [-0.2, -0.15) is 5.10 Å². The van der Waals surface area contributed by atoms with Gasteiger partial charge >= 0.3 is 0 Å². The fourth-order valence-corrected chi connectivity index (χ4v) is 4.13. The Balaban J connectivity index is 1.52. The molecule has 7 heteroatoms. The van der Waals surface area contributed by atoms with Crippen molar-refractivity contribution in [3.8, 4) is 0 Å². The number of para-hydroxylation sites is 2. The number of H-pyrrole nitrogens is 1. The number of aromatic nitrogens is 4. The lowest BCUT2D eigenvalue weighted by atomic mass is 10.2. The van der Waals surface area contributed by atoms with Crippen molar-refractivity contribution in [3.05, 3.63) is 69.4 Å². The molecule has 0 spiro atoms. The number of thiophene rings is 1. The summed E-state index contributed by atoms with van der Waals surface area (Å²) in [6.45, 7) is 5.24. The van der Waals surface area contributed by atoms with E-state index in [-0.39, 0.29) is 5.91 Å². The van der Waals surface area contributed by atoms with Crippen LogP contribution in [0.15, 0.2) is 41.8 Å². The highest BCUT2D eigenvalue weighted by Crippen LogP contribution is 2.19. The third-order valence-corrected chi connectivity index (χ3v) is 5.73. The standard InChI is InChI=1S/C20H21N5OS/c1-13-8-9-27-19(13)12-24(3)20(26)17-10-15(22-23-17)11-25-14(2)21-16-6-4-5-7-18(16)25/h4-10H,11-12H2,1-3H3,(H,22,23). The largest absolute Gasteiger partial charge is 0.335 e. The number of benzene rings is 1. The molecule has 1 amide bonds. The van der Waals surface area contributed by atoms with Crippen LogP contribution in [-0.2, 0) is 13.1 Å². The zero-order valence-corrected chi connectivity index (χ0v) is 16.4. The van der Waals surface area contributed by atoms with Crippen LogP contribution in [0, 0.1) is 13.8 Å². The number of carbonyl (C=O) groups excluding carboxylic acids is 1. The van der Waals surface area contributed by atoms with Crippen LogP contribution in [0.1, 0.15) is 32.4 Å². The normalized spacial score (nSPS) is 11.2. The van der Waals surface area contributed by atoms with Gasteiger partial charge in [-0.05, 0) is 49.1 Å². The number of aromatic amines is 1. The molecule has 6 nitrogen and oxygen atoms in total. The molecule has 0 aliphatic heterocycles. The van der Waals surface area contributed by atoms with Crippen LogP contribution in [0.2, 0.25) is 0 Å². The fourth-order valence-electron chi connectivity index (χ4n) is 3.17. The first kappa shape index (κ1) is 17.5. The van der Waals surface area contributed by atoms with E-state index >= 15 is 0 Å². The Hall–Kier alpha value is -2.93. The average molecular weight is 379 g/mol. The molecule has 27 heavy (non-hydrogen) atoms. The quantitative estimate of drug-likeness (QED) is 0.574. The molecule has 0 bridgehead atoms. The highest BCUT2D eigenvalue weighted by molar-refractivity contribution is 7.10. The van der Waals surface area contributed by atoms with Crippen molar-refractivity contribution in [2.75, 3.05) is 7.05 Å². The molecule has 3 heterocycles. The number of nitrogens with one attached hydrogen (secondary N) is 1. The lowest BCUT2D eigenvalue weighted by Crippen LogP contribution is -2.26. The van der Waals surface area contributed by atoms with Gasteiger partial charge in [0.1, 0.15) is 11.5 Å². The van der Waals surface area contributed by atoms with E-state index in [2.05, 4.69) is 38.8 Å². The molecular formula is C20H21N5OS. The van der Waals surface area contributed by atoms with Gasteiger partial charge in [-0.15, -0.1) is 11.3 Å². The maximum atomic E-state index is 12.7. The van der Waals surface area contributed by atoms with Crippen molar-refractivity contribution in [3.63, 3.8) is 0 Å². The molecule has 0 saturated carbocycles. The fraction of sp³-hybridized carbons (Fsp3) is 0.250. The summed E-state index contributed by atoms with van der Waals surface area (Å²) in [5.74, 6) is 0.849. The van der Waals surface area contributed by atoms with Crippen LogP contribution in [-0.4, -0.2) is 37.6 Å². The highest BCUT2D eigenvalue weighted by atomic mass is 32.1. The van der Waals surface area contributed by atoms with Gasteiger partial charge < -0.3 is 9.47 Å². The molecule has 1 N–H and O–H groups in total. The van der Waals surface area contributed by atoms with E-state index in [0.29, 0.717) is 18.8 Å². The third-order valence-electron chi connectivity index (χ3n) is 4.72. The van der Waals surface area contributed by atoms with E-state index in [1.165, 1.54) is 10.4 Å². The molecule has 1 aromatic carbocycles. The van der Waals surface area contributed by atoms with Gasteiger partial charge in [-0.25, -0.2) is 4.98 Å². The topological polar surface area (TPSA) is 66.8 Å². The van der Waals surface area contributed by atoms with Crippen molar-refractivity contribution >= 4 is 28.3 Å². The van der Waals surface area contributed by atoms with Crippen LogP contribution < -0.4 is 0 Å². The summed E-state index contributed by atoms with van der Waals surface area (Å²) in [5.41, 5.74) is 4.57. The number of rotatable bonds is 5. The summed E-state index contributed by atoms with van der Waals surface area (Å²) < 4.78 is 2.12. The molecule has 4 aromatic rings. The summed E-state index contributed by atoms with van der Waals surface area (Å²) in [6.07, 6.45) is 0. The summed E-state index contributed by atoms with van der Waals surface area (Å²) in [4.78, 5) is 20.2. The molecular weight excluding hydrogens is 358 g/mol. The Bertz CT molecular complexity index is 1110. The molecule has 0 atom stereocenters. The summed E-state index contributed by atoms with van der Waals surface area (Å²) in [6, 6.07) is 11.9. The monoisotopic (exact) mass is 379 g/mol. The molecule has 0 aliphatic rings. The first-order valence-corrected chi connectivity index (χ1v) is 9.65. The van der Waals surface area contributed by atoms with Crippen molar-refractivity contribution in [2.24, 2.45) is 0 Å². The molecule has 0 aliphatic carbocycles. The van der Waals surface area contributed by atoms with Gasteiger partial charge in [0.25, 0.3) is 5.91 Å². The number of amides is 1. The van der Waals surface area contributed by atoms with Crippen LogP contribution in [0.25, 0.3) is 11.0 Å². The molecule has 0 fully saturated rings. The summed E-state index contributed by atoms with van der Waals surface area (Å²) in [7, 11) is 1.81. The van der Waals surface area contributed by atoms with E-state index in [0.717, 1.165) is 22.6 Å². The number of hydrogen-bond acceptors (Lipinski definition) is 4. The predicted octanol–water partition coefficient (Wildman–Crippen LogP) is 3.76. The van der Waals surface area contributed by atoms with Crippen molar-refractivity contribution in [1.29, 1.82) is 0 Å². The molecule has 3 aromatic heterocycles. The minimum Gasteiger partial charge on any atom is -0.335 e. The maximum Gasteiger partial charge on any atom is 0.274 e. The van der Waals surface area contributed by atoms with Crippen molar-refractivity contribution < 1.29 is 4.79 Å². The lowest BCUT2D eigenvalue weighted by Gasteiger charge is -2.15. The van der Waals surface area contributed by atoms with Crippen LogP contribution in [0.4, 0.5) is 0 Å². The second-order valence-corrected chi connectivity index (χ2v) is 7.70.